The number of carbonyl (C=O) groups is 1. The van der Waals surface area contributed by atoms with Gasteiger partial charge in [0.2, 0.25) is 5.91 Å². The van der Waals surface area contributed by atoms with E-state index in [1.807, 2.05) is 24.3 Å². The average Bonchev–Trinajstić information content (AvgIpc) is 2.47. The molecule has 1 aromatic heterocycles. The van der Waals surface area contributed by atoms with Gasteiger partial charge in [-0.05, 0) is 36.1 Å². The van der Waals surface area contributed by atoms with Crippen LogP contribution in [0.3, 0.4) is 0 Å². The Morgan fingerprint density at radius 1 is 1.35 bits per heavy atom. The SMILES string of the molecule is NC(=O)c1cncc(CC2COc3ccccc3C2)c1. The second kappa shape index (κ2) is 5.33. The lowest BCUT2D eigenvalue weighted by Gasteiger charge is -2.25. The first-order chi connectivity index (χ1) is 9.72. The lowest BCUT2D eigenvalue weighted by molar-refractivity contribution is 0.1000. The van der Waals surface area contributed by atoms with Gasteiger partial charge in [0.25, 0.3) is 0 Å². The minimum Gasteiger partial charge on any atom is -0.493 e. The number of nitrogens with zero attached hydrogens (tertiary/aromatic N) is 1. The van der Waals surface area contributed by atoms with Gasteiger partial charge in [0.05, 0.1) is 12.2 Å². The summed E-state index contributed by atoms with van der Waals surface area (Å²) in [7, 11) is 0. The molecule has 0 fully saturated rings. The Morgan fingerprint density at radius 3 is 3.05 bits per heavy atom. The zero-order valence-corrected chi connectivity index (χ0v) is 11.1. The predicted molar refractivity (Wildman–Crippen MR) is 75.6 cm³/mol. The van der Waals surface area contributed by atoms with Crippen molar-refractivity contribution in [3.05, 3.63) is 59.4 Å². The van der Waals surface area contributed by atoms with Crippen LogP contribution in [-0.4, -0.2) is 17.5 Å². The molecule has 1 aliphatic heterocycles. The molecule has 4 heteroatoms. The first-order valence-corrected chi connectivity index (χ1v) is 6.67. The number of hydrogen-bond acceptors (Lipinski definition) is 3. The van der Waals surface area contributed by atoms with E-state index in [-0.39, 0.29) is 0 Å². The smallest absolute Gasteiger partial charge is 0.250 e. The second-order valence-electron chi connectivity index (χ2n) is 5.14. The summed E-state index contributed by atoms with van der Waals surface area (Å²) in [6.45, 7) is 0.692. The van der Waals surface area contributed by atoms with Gasteiger partial charge >= 0.3 is 0 Å². The van der Waals surface area contributed by atoms with Crippen LogP contribution in [0.25, 0.3) is 0 Å². The number of rotatable bonds is 3. The quantitative estimate of drug-likeness (QED) is 0.925. The number of para-hydroxylation sites is 1. The minimum atomic E-state index is -0.440. The second-order valence-corrected chi connectivity index (χ2v) is 5.14. The Hall–Kier alpha value is -2.36. The van der Waals surface area contributed by atoms with Crippen molar-refractivity contribution in [1.29, 1.82) is 0 Å². The zero-order valence-electron chi connectivity index (χ0n) is 11.1. The highest BCUT2D eigenvalue weighted by atomic mass is 16.5. The first kappa shape index (κ1) is 12.7. The van der Waals surface area contributed by atoms with E-state index in [9.17, 15) is 4.79 Å². The molecule has 3 rings (SSSR count). The van der Waals surface area contributed by atoms with Crippen molar-refractivity contribution in [3.8, 4) is 5.75 Å². The van der Waals surface area contributed by atoms with Crippen LogP contribution in [0, 0.1) is 5.92 Å². The fourth-order valence-corrected chi connectivity index (χ4v) is 2.59. The Balaban J connectivity index is 1.73. The molecule has 1 aliphatic rings. The summed E-state index contributed by atoms with van der Waals surface area (Å²) in [6.07, 6.45) is 5.10. The molecule has 0 saturated carbocycles. The number of hydrogen-bond donors (Lipinski definition) is 1. The van der Waals surface area contributed by atoms with Crippen molar-refractivity contribution in [2.45, 2.75) is 12.8 Å². The van der Waals surface area contributed by atoms with E-state index in [1.54, 1.807) is 6.20 Å². The van der Waals surface area contributed by atoms with Gasteiger partial charge < -0.3 is 10.5 Å². The van der Waals surface area contributed by atoms with Crippen molar-refractivity contribution in [3.63, 3.8) is 0 Å². The van der Waals surface area contributed by atoms with Crippen LogP contribution in [0.15, 0.2) is 42.7 Å². The van der Waals surface area contributed by atoms with Gasteiger partial charge in [-0.25, -0.2) is 0 Å². The number of nitrogens with two attached hydrogens (primary N) is 1. The molecule has 1 atom stereocenters. The lowest BCUT2D eigenvalue weighted by Crippen LogP contribution is -2.23. The third kappa shape index (κ3) is 2.64. The van der Waals surface area contributed by atoms with Crippen LogP contribution in [0.2, 0.25) is 0 Å². The normalized spacial score (nSPS) is 17.1. The number of fused-ring (bicyclic) bond motifs is 1. The molecule has 20 heavy (non-hydrogen) atoms. The number of primary amides is 1. The van der Waals surface area contributed by atoms with Crippen LogP contribution < -0.4 is 10.5 Å². The zero-order chi connectivity index (χ0) is 13.9. The number of carbonyl (C=O) groups excluding carboxylic acids is 1. The van der Waals surface area contributed by atoms with E-state index >= 15 is 0 Å². The first-order valence-electron chi connectivity index (χ1n) is 6.67. The Kier molecular flexibility index (Phi) is 3.37. The molecular weight excluding hydrogens is 252 g/mol. The van der Waals surface area contributed by atoms with E-state index in [1.165, 1.54) is 11.8 Å². The molecule has 102 valence electrons. The van der Waals surface area contributed by atoms with Crippen LogP contribution in [0.5, 0.6) is 5.75 Å². The Morgan fingerprint density at radius 2 is 2.20 bits per heavy atom. The maximum atomic E-state index is 11.2. The lowest BCUT2D eigenvalue weighted by atomic mass is 9.91. The molecule has 2 N–H and O–H groups in total. The van der Waals surface area contributed by atoms with Crippen molar-refractivity contribution in [2.75, 3.05) is 6.61 Å². The average molecular weight is 268 g/mol. The van der Waals surface area contributed by atoms with Crippen molar-refractivity contribution < 1.29 is 9.53 Å². The molecule has 0 aliphatic carbocycles. The van der Waals surface area contributed by atoms with Gasteiger partial charge in [0, 0.05) is 18.3 Å². The summed E-state index contributed by atoms with van der Waals surface area (Å²) in [5.74, 6) is 0.937. The monoisotopic (exact) mass is 268 g/mol. The maximum Gasteiger partial charge on any atom is 0.250 e. The van der Waals surface area contributed by atoms with E-state index < -0.39 is 5.91 Å². The molecule has 1 unspecified atom stereocenters. The van der Waals surface area contributed by atoms with Gasteiger partial charge in [0.15, 0.2) is 0 Å². The van der Waals surface area contributed by atoms with Gasteiger partial charge in [-0.1, -0.05) is 18.2 Å². The molecule has 0 bridgehead atoms. The number of aromatic nitrogens is 1. The van der Waals surface area contributed by atoms with Gasteiger partial charge in [0.1, 0.15) is 5.75 Å². The molecule has 0 spiro atoms. The largest absolute Gasteiger partial charge is 0.493 e. The van der Waals surface area contributed by atoms with Crippen LogP contribution in [0.4, 0.5) is 0 Å². The molecule has 2 aromatic rings. The topological polar surface area (TPSA) is 65.2 Å². The van der Waals surface area contributed by atoms with Crippen LogP contribution in [-0.2, 0) is 12.8 Å². The number of amides is 1. The molecule has 1 amide bonds. The minimum absolute atomic E-state index is 0.398. The van der Waals surface area contributed by atoms with Crippen molar-refractivity contribution >= 4 is 5.91 Å². The number of pyridine rings is 1. The highest BCUT2D eigenvalue weighted by Gasteiger charge is 2.20. The predicted octanol–water partition coefficient (Wildman–Crippen LogP) is 1.97. The molecular formula is C16H16N2O2. The Bertz CT molecular complexity index is 640. The third-order valence-electron chi connectivity index (χ3n) is 3.56. The standard InChI is InChI=1S/C16H16N2O2/c17-16(19)14-6-11(8-18-9-14)5-12-7-13-3-1-2-4-15(13)20-10-12/h1-4,6,8-9,12H,5,7,10H2,(H2,17,19). The molecule has 4 nitrogen and oxygen atoms in total. The summed E-state index contributed by atoms with van der Waals surface area (Å²) in [5, 5.41) is 0. The number of benzene rings is 1. The summed E-state index contributed by atoms with van der Waals surface area (Å²) in [5.41, 5.74) is 7.99. The highest BCUT2D eigenvalue weighted by Crippen LogP contribution is 2.28. The highest BCUT2D eigenvalue weighted by molar-refractivity contribution is 5.92. The molecule has 0 saturated heterocycles. The molecule has 2 heterocycles. The van der Waals surface area contributed by atoms with Crippen LogP contribution in [0.1, 0.15) is 21.5 Å². The fourth-order valence-electron chi connectivity index (χ4n) is 2.59. The Labute approximate surface area is 117 Å². The fraction of sp³-hybridized carbons (Fsp3) is 0.250. The summed E-state index contributed by atoms with van der Waals surface area (Å²) >= 11 is 0. The van der Waals surface area contributed by atoms with E-state index in [0.29, 0.717) is 18.1 Å². The van der Waals surface area contributed by atoms with Gasteiger partial charge in [-0.3, -0.25) is 9.78 Å². The molecule has 0 radical (unpaired) electrons. The molecule has 1 aromatic carbocycles. The van der Waals surface area contributed by atoms with E-state index in [4.69, 9.17) is 10.5 Å². The maximum absolute atomic E-state index is 11.2. The van der Waals surface area contributed by atoms with Gasteiger partial charge in [-0.2, -0.15) is 0 Å². The van der Waals surface area contributed by atoms with E-state index in [0.717, 1.165) is 24.2 Å². The van der Waals surface area contributed by atoms with Crippen molar-refractivity contribution in [2.24, 2.45) is 11.7 Å². The van der Waals surface area contributed by atoms with E-state index in [2.05, 4.69) is 11.1 Å². The third-order valence-corrected chi connectivity index (χ3v) is 3.56. The summed E-state index contributed by atoms with van der Waals surface area (Å²) < 4.78 is 5.77. The van der Waals surface area contributed by atoms with Crippen LogP contribution >= 0.6 is 0 Å². The van der Waals surface area contributed by atoms with Gasteiger partial charge in [-0.15, -0.1) is 0 Å². The van der Waals surface area contributed by atoms with Crippen molar-refractivity contribution in [1.82, 2.24) is 4.98 Å². The summed E-state index contributed by atoms with van der Waals surface area (Å²) in [4.78, 5) is 15.2. The number of ether oxygens (including phenoxy) is 1. The summed E-state index contributed by atoms with van der Waals surface area (Å²) in [6, 6.07) is 9.93.